The molecule has 0 N–H and O–H groups in total. The summed E-state index contributed by atoms with van der Waals surface area (Å²) >= 11 is 0. The molecule has 48 heavy (non-hydrogen) atoms. The van der Waals surface area contributed by atoms with Crippen LogP contribution < -0.4 is 0 Å². The van der Waals surface area contributed by atoms with Gasteiger partial charge in [-0.25, -0.2) is 0 Å². The van der Waals surface area contributed by atoms with Crippen LogP contribution in [0.15, 0.2) is 182 Å². The van der Waals surface area contributed by atoms with E-state index in [4.69, 9.17) is 0 Å². The highest BCUT2D eigenvalue weighted by atomic mass is 14.2. The molecule has 9 rings (SSSR count). The fourth-order valence-corrected chi connectivity index (χ4v) is 7.47. The second kappa shape index (κ2) is 11.8. The smallest absolute Gasteiger partial charge is 0.00264 e. The van der Waals surface area contributed by atoms with Crippen LogP contribution >= 0.6 is 0 Å². The van der Waals surface area contributed by atoms with E-state index in [9.17, 15) is 0 Å². The molecular weight excluding hydrogens is 577 g/mol. The maximum atomic E-state index is 2.28. The van der Waals surface area contributed by atoms with Crippen molar-refractivity contribution in [2.45, 2.75) is 0 Å². The van der Waals surface area contributed by atoms with Gasteiger partial charge in [0.15, 0.2) is 0 Å². The average molecular weight is 609 g/mol. The fraction of sp³-hybridized carbons (Fsp3) is 0. The summed E-state index contributed by atoms with van der Waals surface area (Å²) < 4.78 is 0. The highest BCUT2D eigenvalue weighted by Gasteiger charge is 2.16. The van der Waals surface area contributed by atoms with E-state index in [1.807, 2.05) is 0 Å². The first kappa shape index (κ1) is 28.0. The van der Waals surface area contributed by atoms with Gasteiger partial charge in [-0.15, -0.1) is 0 Å². The summed E-state index contributed by atoms with van der Waals surface area (Å²) in [5.74, 6) is 0. The van der Waals surface area contributed by atoms with Gasteiger partial charge in [0.1, 0.15) is 0 Å². The lowest BCUT2D eigenvalue weighted by Crippen LogP contribution is -1.90. The van der Waals surface area contributed by atoms with Crippen molar-refractivity contribution in [3.8, 4) is 33.4 Å². The van der Waals surface area contributed by atoms with Crippen LogP contribution in [0.5, 0.6) is 0 Å². The summed E-state index contributed by atoms with van der Waals surface area (Å²) in [6, 6.07) is 66.0. The van der Waals surface area contributed by atoms with Crippen LogP contribution in [0.1, 0.15) is 11.1 Å². The van der Waals surface area contributed by atoms with Crippen LogP contribution in [0.4, 0.5) is 0 Å². The Hall–Kier alpha value is -6.24. The van der Waals surface area contributed by atoms with E-state index < -0.39 is 0 Å². The average Bonchev–Trinajstić information content (AvgIpc) is 3.16. The van der Waals surface area contributed by atoms with Gasteiger partial charge in [0.2, 0.25) is 0 Å². The number of benzene rings is 9. The Bertz CT molecular complexity index is 2580. The predicted molar refractivity (Wildman–Crippen MR) is 208 cm³/mol. The topological polar surface area (TPSA) is 0 Å². The second-order valence-corrected chi connectivity index (χ2v) is 12.4. The minimum atomic E-state index is 1.18. The molecule has 0 aliphatic rings. The van der Waals surface area contributed by atoms with Crippen molar-refractivity contribution in [1.82, 2.24) is 0 Å². The summed E-state index contributed by atoms with van der Waals surface area (Å²) in [6.07, 6.45) is 4.49. The van der Waals surface area contributed by atoms with Gasteiger partial charge in [0.25, 0.3) is 0 Å². The monoisotopic (exact) mass is 608 g/mol. The normalized spacial score (nSPS) is 11.7. The second-order valence-electron chi connectivity index (χ2n) is 12.4. The fourth-order valence-electron chi connectivity index (χ4n) is 7.47. The first-order valence-corrected chi connectivity index (χ1v) is 16.6. The van der Waals surface area contributed by atoms with Crippen LogP contribution in [0.3, 0.4) is 0 Å². The van der Waals surface area contributed by atoms with Crippen molar-refractivity contribution in [3.05, 3.63) is 193 Å². The molecule has 0 bridgehead atoms. The molecule has 224 valence electrons. The van der Waals surface area contributed by atoms with Gasteiger partial charge in [0.05, 0.1) is 0 Å². The first-order chi connectivity index (χ1) is 23.8. The van der Waals surface area contributed by atoms with E-state index in [2.05, 4.69) is 194 Å². The Morgan fingerprint density at radius 2 is 0.750 bits per heavy atom. The summed E-state index contributed by atoms with van der Waals surface area (Å²) in [5, 5.41) is 10.2. The molecule has 0 atom stereocenters. The molecule has 0 saturated carbocycles. The van der Waals surface area contributed by atoms with E-state index in [-0.39, 0.29) is 0 Å². The zero-order chi connectivity index (χ0) is 31.9. The molecule has 9 aromatic rings. The van der Waals surface area contributed by atoms with Crippen molar-refractivity contribution in [2.24, 2.45) is 0 Å². The highest BCUT2D eigenvalue weighted by Crippen LogP contribution is 2.43. The molecule has 0 unspecified atom stereocenters. The van der Waals surface area contributed by atoms with Crippen LogP contribution in [-0.2, 0) is 0 Å². The standard InChI is InChI=1S/C48H32/c1-2-14-36(15-3-1)47-43-20-8-10-22-45(43)48(46-23-11-9-21-44(46)47)37-29-26-33(27-30-37)25-28-35-31-32-42(40-19-7-6-18-39(35)40)41-24-12-16-34-13-4-5-17-38(34)41/h1-32H/b28-25+. The van der Waals surface area contributed by atoms with Gasteiger partial charge in [0, 0.05) is 0 Å². The Morgan fingerprint density at radius 1 is 0.271 bits per heavy atom. The molecule has 0 nitrogen and oxygen atoms in total. The molecule has 0 fully saturated rings. The third-order valence-electron chi connectivity index (χ3n) is 9.69. The number of hydrogen-bond acceptors (Lipinski definition) is 0. The lowest BCUT2D eigenvalue weighted by molar-refractivity contribution is 1.63. The minimum Gasteiger partial charge on any atom is -0.0622 e. The lowest BCUT2D eigenvalue weighted by atomic mass is 9.86. The van der Waals surface area contributed by atoms with E-state index in [1.165, 1.54) is 87.6 Å². The SMILES string of the molecule is C(=C\c1ccc(-c2cccc3ccccc23)c2ccccc12)/c1ccc(-c2c3ccccc3c(-c3ccccc3)c3ccccc23)cc1. The molecule has 9 aromatic carbocycles. The van der Waals surface area contributed by atoms with E-state index >= 15 is 0 Å². The number of fused-ring (bicyclic) bond motifs is 4. The first-order valence-electron chi connectivity index (χ1n) is 16.6. The predicted octanol–water partition coefficient (Wildman–Crippen LogP) is 13.5. The summed E-state index contributed by atoms with van der Waals surface area (Å²) in [7, 11) is 0. The van der Waals surface area contributed by atoms with Gasteiger partial charge >= 0.3 is 0 Å². The van der Waals surface area contributed by atoms with E-state index in [0.717, 1.165) is 0 Å². The molecule has 0 spiro atoms. The Morgan fingerprint density at radius 3 is 1.40 bits per heavy atom. The van der Waals surface area contributed by atoms with E-state index in [1.54, 1.807) is 0 Å². The van der Waals surface area contributed by atoms with Crippen LogP contribution in [0, 0.1) is 0 Å². The minimum absolute atomic E-state index is 1.18. The molecular formula is C48H32. The molecule has 0 amide bonds. The number of hydrogen-bond donors (Lipinski definition) is 0. The zero-order valence-corrected chi connectivity index (χ0v) is 26.5. The Kier molecular flexibility index (Phi) is 6.91. The van der Waals surface area contributed by atoms with Gasteiger partial charge in [-0.3, -0.25) is 0 Å². The maximum Gasteiger partial charge on any atom is -0.00264 e. The lowest BCUT2D eigenvalue weighted by Gasteiger charge is -2.17. The van der Waals surface area contributed by atoms with Gasteiger partial charge in [-0.05, 0) is 87.6 Å². The van der Waals surface area contributed by atoms with Crippen LogP contribution in [0.25, 0.3) is 88.6 Å². The largest absolute Gasteiger partial charge is 0.0622 e. The van der Waals surface area contributed by atoms with Gasteiger partial charge in [-0.2, -0.15) is 0 Å². The number of rotatable bonds is 5. The van der Waals surface area contributed by atoms with Crippen molar-refractivity contribution in [2.75, 3.05) is 0 Å². The van der Waals surface area contributed by atoms with Crippen LogP contribution in [0.2, 0.25) is 0 Å². The Balaban J connectivity index is 1.11. The van der Waals surface area contributed by atoms with Crippen molar-refractivity contribution in [1.29, 1.82) is 0 Å². The summed E-state index contributed by atoms with van der Waals surface area (Å²) in [5.41, 5.74) is 9.98. The third-order valence-corrected chi connectivity index (χ3v) is 9.69. The quantitative estimate of drug-likeness (QED) is 0.135. The van der Waals surface area contributed by atoms with E-state index in [0.29, 0.717) is 0 Å². The highest BCUT2D eigenvalue weighted by molar-refractivity contribution is 6.21. The van der Waals surface area contributed by atoms with Gasteiger partial charge in [-0.1, -0.05) is 194 Å². The molecule has 0 aromatic heterocycles. The van der Waals surface area contributed by atoms with Crippen molar-refractivity contribution >= 4 is 55.2 Å². The summed E-state index contributed by atoms with van der Waals surface area (Å²) in [4.78, 5) is 0. The Labute approximate surface area is 280 Å². The molecule has 0 aliphatic heterocycles. The molecule has 0 saturated heterocycles. The summed E-state index contributed by atoms with van der Waals surface area (Å²) in [6.45, 7) is 0. The molecule has 0 radical (unpaired) electrons. The maximum absolute atomic E-state index is 2.28. The van der Waals surface area contributed by atoms with Crippen molar-refractivity contribution in [3.63, 3.8) is 0 Å². The van der Waals surface area contributed by atoms with Crippen molar-refractivity contribution < 1.29 is 0 Å². The molecule has 0 heteroatoms. The molecule has 0 heterocycles. The third kappa shape index (κ3) is 4.78. The van der Waals surface area contributed by atoms with Gasteiger partial charge < -0.3 is 0 Å². The molecule has 0 aliphatic carbocycles. The van der Waals surface area contributed by atoms with Crippen LogP contribution in [-0.4, -0.2) is 0 Å². The zero-order valence-electron chi connectivity index (χ0n) is 26.5.